The van der Waals surface area contributed by atoms with Gasteiger partial charge >= 0.3 is 0 Å². The molecule has 1 N–H and O–H groups in total. The highest BCUT2D eigenvalue weighted by Gasteiger charge is 2.28. The second-order valence-electron chi connectivity index (χ2n) is 6.87. The van der Waals surface area contributed by atoms with E-state index in [9.17, 15) is 13.2 Å². The van der Waals surface area contributed by atoms with E-state index in [1.807, 2.05) is 0 Å². The van der Waals surface area contributed by atoms with Crippen LogP contribution in [-0.4, -0.2) is 49.7 Å². The lowest BCUT2D eigenvalue weighted by Gasteiger charge is -2.34. The van der Waals surface area contributed by atoms with E-state index in [1.165, 1.54) is 22.4 Å². The van der Waals surface area contributed by atoms with E-state index in [2.05, 4.69) is 41.4 Å². The molecule has 1 aliphatic heterocycles. The Hall–Kier alpha value is -2.22. The lowest BCUT2D eigenvalue weighted by Crippen LogP contribution is -2.48. The molecule has 3 rings (SSSR count). The molecule has 6 nitrogen and oxygen atoms in total. The zero-order valence-corrected chi connectivity index (χ0v) is 16.5. The highest BCUT2D eigenvalue weighted by atomic mass is 32.2. The fraction of sp³-hybridized carbons (Fsp3) is 0.350. The minimum atomic E-state index is -3.52. The Bertz CT molecular complexity index is 885. The molecule has 1 aliphatic rings. The third-order valence-electron chi connectivity index (χ3n) is 4.67. The van der Waals surface area contributed by atoms with Gasteiger partial charge in [-0.2, -0.15) is 4.31 Å². The average molecular weight is 388 g/mol. The minimum absolute atomic E-state index is 0.185. The highest BCUT2D eigenvalue weighted by Crippen LogP contribution is 2.20. The van der Waals surface area contributed by atoms with Crippen LogP contribution >= 0.6 is 0 Å². The Morgan fingerprint density at radius 1 is 0.963 bits per heavy atom. The molecule has 1 saturated heterocycles. The number of piperazine rings is 1. The van der Waals surface area contributed by atoms with Crippen molar-refractivity contribution in [2.24, 2.45) is 0 Å². The summed E-state index contributed by atoms with van der Waals surface area (Å²) >= 11 is 0. The SMILES string of the molecule is CC(=O)Nc1ccc(S(=O)(=O)N2CCN(Cc3ccc(C)cc3)CC2)cc1. The number of hydrogen-bond donors (Lipinski definition) is 1. The molecule has 0 aliphatic carbocycles. The molecule has 1 heterocycles. The van der Waals surface area contributed by atoms with Crippen molar-refractivity contribution < 1.29 is 13.2 Å². The molecule has 0 aromatic heterocycles. The van der Waals surface area contributed by atoms with Crippen molar-refractivity contribution in [2.75, 3.05) is 31.5 Å². The van der Waals surface area contributed by atoms with Gasteiger partial charge in [-0.15, -0.1) is 0 Å². The van der Waals surface area contributed by atoms with Crippen molar-refractivity contribution in [1.29, 1.82) is 0 Å². The van der Waals surface area contributed by atoms with Gasteiger partial charge in [0.25, 0.3) is 0 Å². The van der Waals surface area contributed by atoms with E-state index >= 15 is 0 Å². The molecule has 7 heteroatoms. The molecule has 0 atom stereocenters. The monoisotopic (exact) mass is 387 g/mol. The summed E-state index contributed by atoms with van der Waals surface area (Å²) in [6, 6.07) is 14.7. The van der Waals surface area contributed by atoms with Crippen molar-refractivity contribution in [1.82, 2.24) is 9.21 Å². The largest absolute Gasteiger partial charge is 0.326 e. The summed E-state index contributed by atoms with van der Waals surface area (Å²) in [4.78, 5) is 13.6. The normalized spacial score (nSPS) is 16.2. The maximum absolute atomic E-state index is 12.8. The maximum Gasteiger partial charge on any atom is 0.243 e. The molecule has 0 spiro atoms. The topological polar surface area (TPSA) is 69.7 Å². The van der Waals surface area contributed by atoms with Gasteiger partial charge in [0, 0.05) is 45.3 Å². The number of carbonyl (C=O) groups excluding carboxylic acids is 1. The van der Waals surface area contributed by atoms with E-state index < -0.39 is 10.0 Å². The first-order valence-corrected chi connectivity index (χ1v) is 10.4. The van der Waals surface area contributed by atoms with E-state index in [-0.39, 0.29) is 10.8 Å². The number of amides is 1. The summed E-state index contributed by atoms with van der Waals surface area (Å²) in [7, 11) is -3.52. The lowest BCUT2D eigenvalue weighted by molar-refractivity contribution is -0.114. The van der Waals surface area contributed by atoms with Gasteiger partial charge in [0.15, 0.2) is 0 Å². The van der Waals surface area contributed by atoms with Crippen LogP contribution in [0.15, 0.2) is 53.4 Å². The summed E-state index contributed by atoms with van der Waals surface area (Å²) in [6.45, 7) is 6.67. The van der Waals surface area contributed by atoms with Crippen molar-refractivity contribution in [3.63, 3.8) is 0 Å². The Balaban J connectivity index is 1.60. The fourth-order valence-corrected chi connectivity index (χ4v) is 4.56. The first kappa shape index (κ1) is 19.5. The summed E-state index contributed by atoms with van der Waals surface area (Å²) < 4.78 is 27.2. The molecule has 0 bridgehead atoms. The smallest absolute Gasteiger partial charge is 0.243 e. The first-order chi connectivity index (χ1) is 12.8. The van der Waals surface area contributed by atoms with E-state index in [1.54, 1.807) is 24.3 Å². The van der Waals surface area contributed by atoms with Crippen LogP contribution in [0.4, 0.5) is 5.69 Å². The van der Waals surface area contributed by atoms with Gasteiger partial charge in [0.1, 0.15) is 0 Å². The molecule has 2 aromatic carbocycles. The third-order valence-corrected chi connectivity index (χ3v) is 6.58. The van der Waals surface area contributed by atoms with Gasteiger partial charge in [-0.05, 0) is 36.8 Å². The van der Waals surface area contributed by atoms with Gasteiger partial charge in [0.2, 0.25) is 15.9 Å². The van der Waals surface area contributed by atoms with Gasteiger partial charge in [-0.1, -0.05) is 29.8 Å². The van der Waals surface area contributed by atoms with Gasteiger partial charge in [-0.3, -0.25) is 9.69 Å². The Labute approximate surface area is 160 Å². The molecule has 1 fully saturated rings. The molecular formula is C20H25N3O3S. The molecule has 2 aromatic rings. The number of nitrogens with one attached hydrogen (secondary N) is 1. The molecule has 27 heavy (non-hydrogen) atoms. The van der Waals surface area contributed by atoms with Crippen LogP contribution in [0.1, 0.15) is 18.1 Å². The summed E-state index contributed by atoms with van der Waals surface area (Å²) in [5.41, 5.74) is 3.06. The second kappa shape index (κ2) is 8.21. The van der Waals surface area contributed by atoms with Crippen LogP contribution in [0.2, 0.25) is 0 Å². The number of nitrogens with zero attached hydrogens (tertiary/aromatic N) is 2. The number of rotatable bonds is 5. The minimum Gasteiger partial charge on any atom is -0.326 e. The van der Waals surface area contributed by atoms with Crippen molar-refractivity contribution >= 4 is 21.6 Å². The van der Waals surface area contributed by atoms with Gasteiger partial charge in [-0.25, -0.2) is 8.42 Å². The zero-order chi connectivity index (χ0) is 19.4. The number of anilines is 1. The van der Waals surface area contributed by atoms with Crippen LogP contribution in [0, 0.1) is 6.92 Å². The summed E-state index contributed by atoms with van der Waals surface area (Å²) in [5.74, 6) is -0.185. The molecule has 0 saturated carbocycles. The van der Waals surface area contributed by atoms with Gasteiger partial charge < -0.3 is 5.32 Å². The second-order valence-corrected chi connectivity index (χ2v) is 8.81. The number of benzene rings is 2. The molecule has 1 amide bonds. The predicted octanol–water partition coefficient (Wildman–Crippen LogP) is 2.46. The molecule has 144 valence electrons. The molecular weight excluding hydrogens is 362 g/mol. The van der Waals surface area contributed by atoms with Crippen molar-refractivity contribution in [3.8, 4) is 0 Å². The Morgan fingerprint density at radius 3 is 2.11 bits per heavy atom. The average Bonchev–Trinajstić information content (AvgIpc) is 2.64. The fourth-order valence-electron chi connectivity index (χ4n) is 3.14. The lowest BCUT2D eigenvalue weighted by atomic mass is 10.1. The van der Waals surface area contributed by atoms with Crippen molar-refractivity contribution in [2.45, 2.75) is 25.3 Å². The Morgan fingerprint density at radius 2 is 1.56 bits per heavy atom. The highest BCUT2D eigenvalue weighted by molar-refractivity contribution is 7.89. The number of carbonyl (C=O) groups is 1. The first-order valence-electron chi connectivity index (χ1n) is 9.00. The molecule has 0 unspecified atom stereocenters. The quantitative estimate of drug-likeness (QED) is 0.856. The van der Waals surface area contributed by atoms with Crippen LogP contribution in [-0.2, 0) is 21.4 Å². The van der Waals surface area contributed by atoms with Crippen molar-refractivity contribution in [3.05, 3.63) is 59.7 Å². The van der Waals surface area contributed by atoms with Crippen LogP contribution in [0.3, 0.4) is 0 Å². The number of sulfonamides is 1. The van der Waals surface area contributed by atoms with Crippen LogP contribution in [0.5, 0.6) is 0 Å². The number of aryl methyl sites for hydroxylation is 1. The Kier molecular flexibility index (Phi) is 5.94. The van der Waals surface area contributed by atoms with Crippen LogP contribution < -0.4 is 5.32 Å². The van der Waals surface area contributed by atoms with Gasteiger partial charge in [0.05, 0.1) is 4.90 Å². The number of hydrogen-bond acceptors (Lipinski definition) is 4. The maximum atomic E-state index is 12.8. The van der Waals surface area contributed by atoms with Crippen LogP contribution in [0.25, 0.3) is 0 Å². The zero-order valence-electron chi connectivity index (χ0n) is 15.7. The summed E-state index contributed by atoms with van der Waals surface area (Å²) in [5, 5.41) is 2.64. The van der Waals surface area contributed by atoms with E-state index in [4.69, 9.17) is 0 Å². The predicted molar refractivity (Wildman–Crippen MR) is 106 cm³/mol. The molecule has 0 radical (unpaired) electrons. The standard InChI is InChI=1S/C20H25N3O3S/c1-16-3-5-18(6-4-16)15-22-11-13-23(14-12-22)27(25,26)20-9-7-19(8-10-20)21-17(2)24/h3-10H,11-15H2,1-2H3,(H,21,24). The third kappa shape index (κ3) is 4.94. The summed E-state index contributed by atoms with van der Waals surface area (Å²) in [6.07, 6.45) is 0. The van der Waals surface area contributed by atoms with E-state index in [0.717, 1.165) is 6.54 Å². The van der Waals surface area contributed by atoms with E-state index in [0.29, 0.717) is 31.9 Å².